The molecule has 0 saturated heterocycles. The smallest absolute Gasteiger partial charge is 0.0166 e. The van der Waals surface area contributed by atoms with Crippen LogP contribution in [0.5, 0.6) is 0 Å². The second kappa shape index (κ2) is 34.4. The van der Waals surface area contributed by atoms with E-state index in [0.717, 1.165) is 0 Å². The van der Waals surface area contributed by atoms with Gasteiger partial charge in [-0.15, -0.1) is 0 Å². The van der Waals surface area contributed by atoms with E-state index < -0.39 is 0 Å². The Labute approximate surface area is 229 Å². The second-order valence-corrected chi connectivity index (χ2v) is 12.4. The molecule has 0 saturated carbocycles. The van der Waals surface area contributed by atoms with Gasteiger partial charge >= 0.3 is 0 Å². The summed E-state index contributed by atoms with van der Waals surface area (Å²) in [5, 5.41) is 0. The van der Waals surface area contributed by atoms with Crippen LogP contribution in [0.15, 0.2) is 0 Å². The van der Waals surface area contributed by atoms with Crippen molar-refractivity contribution in [3.8, 4) is 0 Å². The van der Waals surface area contributed by atoms with Gasteiger partial charge in [-0.05, 0) is 18.6 Å². The first-order chi connectivity index (χ1) is 17.4. The van der Waals surface area contributed by atoms with E-state index in [4.69, 9.17) is 0 Å². The van der Waals surface area contributed by atoms with Gasteiger partial charge in [0.05, 0.1) is 0 Å². The molecule has 0 amide bonds. The molecule has 0 aromatic carbocycles. The van der Waals surface area contributed by atoms with Crippen LogP contribution in [0.1, 0.15) is 206 Å². The Balaban J connectivity index is 3.00. The molecule has 0 atom stereocenters. The van der Waals surface area contributed by atoms with E-state index in [-0.39, 0.29) is 0 Å². The minimum absolute atomic E-state index is 1.33. The minimum atomic E-state index is 1.33. The molecule has 0 heterocycles. The summed E-state index contributed by atoms with van der Waals surface area (Å²) in [6, 6.07) is 0. The summed E-state index contributed by atoms with van der Waals surface area (Å²) in [5.41, 5.74) is 0. The summed E-state index contributed by atoms with van der Waals surface area (Å²) in [6.07, 6.45) is 43.8. The van der Waals surface area contributed by atoms with Gasteiger partial charge in [-0.2, -0.15) is 11.8 Å². The van der Waals surface area contributed by atoms with Crippen LogP contribution < -0.4 is 0 Å². The fraction of sp³-hybridized carbons (Fsp3) is 0.971. The van der Waals surface area contributed by atoms with Gasteiger partial charge < -0.3 is 0 Å². The molecule has 0 rings (SSSR count). The Morgan fingerprint density at radius 3 is 0.886 bits per heavy atom. The third-order valence-electron chi connectivity index (χ3n) is 7.66. The molecule has 35 heavy (non-hydrogen) atoms. The normalized spacial score (nSPS) is 11.5. The molecule has 0 N–H and O–H groups in total. The van der Waals surface area contributed by atoms with Crippen molar-refractivity contribution in [2.75, 3.05) is 5.75 Å². The molecule has 211 valence electrons. The molecule has 0 fully saturated rings. The van der Waals surface area contributed by atoms with Gasteiger partial charge in [0.1, 0.15) is 0 Å². The molecule has 0 aliphatic carbocycles. The Morgan fingerprint density at radius 1 is 0.314 bits per heavy atom. The highest BCUT2D eigenvalue weighted by atomic mass is 32.2. The van der Waals surface area contributed by atoms with Crippen LogP contribution >= 0.6 is 11.8 Å². The molecule has 1 heteroatoms. The summed E-state index contributed by atoms with van der Waals surface area (Å²) in [5.74, 6) is 3.85. The fourth-order valence-corrected chi connectivity index (χ4v) is 6.02. The number of thioether (sulfide) groups is 1. The van der Waals surface area contributed by atoms with Crippen LogP contribution in [-0.4, -0.2) is 5.75 Å². The first-order valence-corrected chi connectivity index (χ1v) is 17.9. The SMILES string of the molecule is CCCCCCCCCCCCCCCCCCCCCCC[CH]SCCCCCCCCCC. The highest BCUT2D eigenvalue weighted by molar-refractivity contribution is 8.01. The summed E-state index contributed by atoms with van der Waals surface area (Å²) >= 11 is 2.09. The lowest BCUT2D eigenvalue weighted by molar-refractivity contribution is 0.520. The lowest BCUT2D eigenvalue weighted by Gasteiger charge is -2.04. The lowest BCUT2D eigenvalue weighted by Crippen LogP contribution is -1.85. The van der Waals surface area contributed by atoms with Crippen molar-refractivity contribution in [2.24, 2.45) is 0 Å². The third kappa shape index (κ3) is 34.4. The zero-order valence-corrected chi connectivity index (χ0v) is 25.7. The van der Waals surface area contributed by atoms with Gasteiger partial charge in [-0.1, -0.05) is 194 Å². The van der Waals surface area contributed by atoms with Gasteiger partial charge in [0.25, 0.3) is 0 Å². The van der Waals surface area contributed by atoms with E-state index in [1.54, 1.807) is 0 Å². The van der Waals surface area contributed by atoms with Crippen LogP contribution in [0.2, 0.25) is 0 Å². The Hall–Kier alpha value is 0.350. The fourth-order valence-electron chi connectivity index (χ4n) is 5.15. The van der Waals surface area contributed by atoms with Crippen molar-refractivity contribution in [3.05, 3.63) is 5.75 Å². The molecular formula is C34H69S. The number of rotatable bonds is 32. The van der Waals surface area contributed by atoms with Crippen LogP contribution in [0.4, 0.5) is 0 Å². The topological polar surface area (TPSA) is 0 Å². The van der Waals surface area contributed by atoms with Gasteiger partial charge in [0.15, 0.2) is 0 Å². The molecule has 1 radical (unpaired) electrons. The summed E-state index contributed by atoms with van der Waals surface area (Å²) in [7, 11) is 0. The van der Waals surface area contributed by atoms with Crippen LogP contribution in [0, 0.1) is 5.75 Å². The highest BCUT2D eigenvalue weighted by Crippen LogP contribution is 2.18. The van der Waals surface area contributed by atoms with Gasteiger partial charge in [0, 0.05) is 5.75 Å². The van der Waals surface area contributed by atoms with Crippen molar-refractivity contribution in [1.82, 2.24) is 0 Å². The van der Waals surface area contributed by atoms with Crippen LogP contribution in [-0.2, 0) is 0 Å². The van der Waals surface area contributed by atoms with Gasteiger partial charge in [0.2, 0.25) is 0 Å². The molecule has 0 aliphatic heterocycles. The summed E-state index contributed by atoms with van der Waals surface area (Å²) < 4.78 is 0. The van der Waals surface area contributed by atoms with Crippen molar-refractivity contribution >= 4 is 11.8 Å². The summed E-state index contributed by atoms with van der Waals surface area (Å²) in [4.78, 5) is 0. The number of hydrogen-bond donors (Lipinski definition) is 0. The molecule has 0 nitrogen and oxygen atoms in total. The minimum Gasteiger partial charge on any atom is -0.157 e. The van der Waals surface area contributed by atoms with E-state index in [9.17, 15) is 0 Å². The summed E-state index contributed by atoms with van der Waals surface area (Å²) in [6.45, 7) is 4.61. The Morgan fingerprint density at radius 2 is 0.571 bits per heavy atom. The van der Waals surface area contributed by atoms with Crippen molar-refractivity contribution in [1.29, 1.82) is 0 Å². The first kappa shape index (κ1) is 35.4. The molecule has 0 bridgehead atoms. The van der Waals surface area contributed by atoms with E-state index in [0.29, 0.717) is 0 Å². The molecule has 0 unspecified atom stereocenters. The maximum absolute atomic E-state index is 2.50. The first-order valence-electron chi connectivity index (χ1n) is 16.8. The molecule has 0 spiro atoms. The molecule has 0 aliphatic rings. The van der Waals surface area contributed by atoms with E-state index in [2.05, 4.69) is 31.4 Å². The van der Waals surface area contributed by atoms with Crippen LogP contribution in [0.3, 0.4) is 0 Å². The largest absolute Gasteiger partial charge is 0.157 e. The Bertz CT molecular complexity index is 307. The molecule has 0 aromatic heterocycles. The maximum Gasteiger partial charge on any atom is 0.0166 e. The number of hydrogen-bond acceptors (Lipinski definition) is 1. The van der Waals surface area contributed by atoms with Crippen molar-refractivity contribution in [2.45, 2.75) is 206 Å². The third-order valence-corrected chi connectivity index (χ3v) is 8.65. The predicted molar refractivity (Wildman–Crippen MR) is 167 cm³/mol. The van der Waals surface area contributed by atoms with Gasteiger partial charge in [-0.3, -0.25) is 0 Å². The van der Waals surface area contributed by atoms with Gasteiger partial charge in [-0.25, -0.2) is 0 Å². The predicted octanol–water partition coefficient (Wildman–Crippen LogP) is 13.6. The maximum atomic E-state index is 2.50. The number of unbranched alkanes of at least 4 members (excludes halogenated alkanes) is 28. The Kier molecular flexibility index (Phi) is 34.7. The zero-order valence-electron chi connectivity index (χ0n) is 24.9. The highest BCUT2D eigenvalue weighted by Gasteiger charge is 1.97. The standard InChI is InChI=1S/C34H69S/c1-3-5-7-9-11-13-14-15-16-17-18-19-20-21-22-23-24-25-26-28-30-32-34-35-33-31-29-27-12-10-8-6-4-2/h34H,3-33H2,1-2H3. The van der Waals surface area contributed by atoms with E-state index in [1.807, 2.05) is 0 Å². The van der Waals surface area contributed by atoms with Crippen molar-refractivity contribution < 1.29 is 0 Å². The second-order valence-electron chi connectivity index (χ2n) is 11.4. The van der Waals surface area contributed by atoms with E-state index >= 15 is 0 Å². The molecule has 0 aromatic rings. The monoisotopic (exact) mass is 510 g/mol. The zero-order chi connectivity index (χ0) is 25.3. The van der Waals surface area contributed by atoms with E-state index in [1.165, 1.54) is 198 Å². The quantitative estimate of drug-likeness (QED) is 0.0812. The van der Waals surface area contributed by atoms with Crippen molar-refractivity contribution in [3.63, 3.8) is 0 Å². The van der Waals surface area contributed by atoms with Crippen LogP contribution in [0.25, 0.3) is 0 Å². The average molecular weight is 510 g/mol. The average Bonchev–Trinajstić information content (AvgIpc) is 2.87. The lowest BCUT2D eigenvalue weighted by atomic mass is 10.0. The molecular weight excluding hydrogens is 440 g/mol.